The number of nitrogens with zero attached hydrogens (tertiary/aromatic N) is 1. The number of hydrogen-bond donors (Lipinski definition) is 1. The van der Waals surface area contributed by atoms with Gasteiger partial charge < -0.3 is 9.73 Å². The first kappa shape index (κ1) is 14.1. The fourth-order valence-electron chi connectivity index (χ4n) is 2.42. The molecule has 1 N–H and O–H groups in total. The lowest BCUT2D eigenvalue weighted by atomic mass is 10.1. The fourth-order valence-corrected chi connectivity index (χ4v) is 2.42. The number of benzene rings is 2. The number of nitrogens with one attached hydrogen (secondary N) is 1. The van der Waals surface area contributed by atoms with E-state index in [0.717, 1.165) is 5.56 Å². The van der Waals surface area contributed by atoms with Gasteiger partial charge in [-0.1, -0.05) is 42.5 Å². The molecule has 0 unspecified atom stereocenters. The van der Waals surface area contributed by atoms with Crippen LogP contribution in [0.4, 0.5) is 0 Å². The van der Waals surface area contributed by atoms with Gasteiger partial charge in [-0.05, 0) is 24.6 Å². The predicted molar refractivity (Wildman–Crippen MR) is 83.5 cm³/mol. The first-order valence-corrected chi connectivity index (χ1v) is 7.08. The van der Waals surface area contributed by atoms with Crippen LogP contribution in [0.5, 0.6) is 0 Å². The zero-order valence-electron chi connectivity index (χ0n) is 12.2. The van der Waals surface area contributed by atoms with E-state index < -0.39 is 5.76 Å². The maximum atomic E-state index is 12.2. The number of amides is 1. The largest absolute Gasteiger partial charge is 0.420 e. The van der Waals surface area contributed by atoms with Crippen LogP contribution in [0.1, 0.15) is 18.5 Å². The van der Waals surface area contributed by atoms with E-state index in [2.05, 4.69) is 5.32 Å². The Balaban J connectivity index is 1.76. The zero-order chi connectivity index (χ0) is 15.5. The number of fused-ring (bicyclic) bond motifs is 1. The summed E-state index contributed by atoms with van der Waals surface area (Å²) in [6.07, 6.45) is 0. The number of rotatable bonds is 4. The molecule has 1 amide bonds. The van der Waals surface area contributed by atoms with Gasteiger partial charge in [0.1, 0.15) is 6.54 Å². The van der Waals surface area contributed by atoms with E-state index in [9.17, 15) is 9.59 Å². The summed E-state index contributed by atoms with van der Waals surface area (Å²) in [4.78, 5) is 24.0. The minimum atomic E-state index is -0.524. The van der Waals surface area contributed by atoms with Crippen LogP contribution >= 0.6 is 0 Å². The minimum Gasteiger partial charge on any atom is -0.408 e. The molecular formula is C17H16N2O3. The van der Waals surface area contributed by atoms with Crippen molar-refractivity contribution in [3.8, 4) is 0 Å². The third-order valence-electron chi connectivity index (χ3n) is 3.55. The molecule has 1 atom stereocenters. The van der Waals surface area contributed by atoms with Crippen molar-refractivity contribution < 1.29 is 9.21 Å². The third-order valence-corrected chi connectivity index (χ3v) is 3.55. The summed E-state index contributed by atoms with van der Waals surface area (Å²) < 4.78 is 6.45. The molecule has 5 nitrogen and oxygen atoms in total. The van der Waals surface area contributed by atoms with Gasteiger partial charge in [-0.2, -0.15) is 0 Å². The highest BCUT2D eigenvalue weighted by molar-refractivity contribution is 5.79. The Kier molecular flexibility index (Phi) is 3.78. The molecule has 5 heteroatoms. The van der Waals surface area contributed by atoms with Crippen molar-refractivity contribution in [1.82, 2.24) is 9.88 Å². The van der Waals surface area contributed by atoms with Gasteiger partial charge in [-0.3, -0.25) is 9.36 Å². The Bertz CT molecular complexity index is 849. The molecule has 0 aliphatic rings. The molecule has 0 aliphatic carbocycles. The maximum Gasteiger partial charge on any atom is 0.420 e. The second-order valence-corrected chi connectivity index (χ2v) is 5.12. The fraction of sp³-hybridized carbons (Fsp3) is 0.176. The van der Waals surface area contributed by atoms with E-state index in [-0.39, 0.29) is 18.5 Å². The third kappa shape index (κ3) is 2.79. The maximum absolute atomic E-state index is 12.2. The number of hydrogen-bond acceptors (Lipinski definition) is 3. The summed E-state index contributed by atoms with van der Waals surface area (Å²) in [5.74, 6) is -0.756. The molecule has 3 rings (SSSR count). The molecule has 0 radical (unpaired) electrons. The molecule has 3 aromatic rings. The zero-order valence-corrected chi connectivity index (χ0v) is 12.2. The highest BCUT2D eigenvalue weighted by atomic mass is 16.4. The molecule has 0 spiro atoms. The molecule has 0 bridgehead atoms. The summed E-state index contributed by atoms with van der Waals surface area (Å²) in [7, 11) is 0. The van der Waals surface area contributed by atoms with Gasteiger partial charge in [-0.15, -0.1) is 0 Å². The van der Waals surface area contributed by atoms with Crippen LogP contribution in [0.2, 0.25) is 0 Å². The average molecular weight is 296 g/mol. The smallest absolute Gasteiger partial charge is 0.408 e. The van der Waals surface area contributed by atoms with Crippen molar-refractivity contribution in [3.05, 3.63) is 70.7 Å². The quantitative estimate of drug-likeness (QED) is 0.804. The van der Waals surface area contributed by atoms with Gasteiger partial charge in [0, 0.05) is 0 Å². The van der Waals surface area contributed by atoms with Crippen molar-refractivity contribution in [1.29, 1.82) is 0 Å². The van der Waals surface area contributed by atoms with E-state index in [0.29, 0.717) is 11.1 Å². The summed E-state index contributed by atoms with van der Waals surface area (Å²) >= 11 is 0. The summed E-state index contributed by atoms with van der Waals surface area (Å²) in [5, 5.41) is 2.89. The molecule has 2 aromatic carbocycles. The van der Waals surface area contributed by atoms with Crippen molar-refractivity contribution in [3.63, 3.8) is 0 Å². The number of carbonyl (C=O) groups is 1. The van der Waals surface area contributed by atoms with E-state index in [4.69, 9.17) is 4.42 Å². The molecule has 0 saturated heterocycles. The second kappa shape index (κ2) is 5.89. The monoisotopic (exact) mass is 296 g/mol. The number of carbonyl (C=O) groups excluding carboxylic acids is 1. The lowest BCUT2D eigenvalue weighted by molar-refractivity contribution is -0.122. The summed E-state index contributed by atoms with van der Waals surface area (Å²) in [6.45, 7) is 1.84. The molecule has 22 heavy (non-hydrogen) atoms. The molecular weight excluding hydrogens is 280 g/mol. The highest BCUT2D eigenvalue weighted by Gasteiger charge is 2.14. The molecule has 0 saturated carbocycles. The predicted octanol–water partition coefficient (Wildman–Crippen LogP) is 2.47. The molecule has 0 fully saturated rings. The van der Waals surface area contributed by atoms with Crippen LogP contribution in [0, 0.1) is 0 Å². The molecule has 112 valence electrons. The van der Waals surface area contributed by atoms with Gasteiger partial charge in [0.15, 0.2) is 5.58 Å². The minimum absolute atomic E-state index is 0.0625. The Labute approximate surface area is 127 Å². The van der Waals surface area contributed by atoms with Crippen LogP contribution in [0.3, 0.4) is 0 Å². The topological polar surface area (TPSA) is 64.2 Å². The van der Waals surface area contributed by atoms with Crippen molar-refractivity contribution in [2.45, 2.75) is 19.5 Å². The van der Waals surface area contributed by atoms with Gasteiger partial charge in [0.25, 0.3) is 0 Å². The SMILES string of the molecule is C[C@H](NC(=O)Cn1c(=O)oc2ccccc21)c1ccccc1. The van der Waals surface area contributed by atoms with Gasteiger partial charge in [0.2, 0.25) is 5.91 Å². The van der Waals surface area contributed by atoms with Crippen molar-refractivity contribution >= 4 is 17.0 Å². The van der Waals surface area contributed by atoms with Gasteiger partial charge in [0.05, 0.1) is 11.6 Å². The first-order valence-electron chi connectivity index (χ1n) is 7.08. The number of aromatic nitrogens is 1. The van der Waals surface area contributed by atoms with Crippen LogP contribution < -0.4 is 11.1 Å². The van der Waals surface area contributed by atoms with Crippen LogP contribution in [0.15, 0.2) is 63.8 Å². The van der Waals surface area contributed by atoms with Gasteiger partial charge in [-0.25, -0.2) is 4.79 Å². The molecule has 1 aromatic heterocycles. The standard InChI is InChI=1S/C17H16N2O3/c1-12(13-7-3-2-4-8-13)18-16(20)11-19-14-9-5-6-10-15(14)22-17(19)21/h2-10,12H,11H2,1H3,(H,18,20)/t12-/m0/s1. The van der Waals surface area contributed by atoms with Crippen LogP contribution in [-0.2, 0) is 11.3 Å². The number of oxazole rings is 1. The van der Waals surface area contributed by atoms with E-state index >= 15 is 0 Å². The normalized spacial score (nSPS) is 12.2. The molecule has 1 heterocycles. The van der Waals surface area contributed by atoms with Crippen LogP contribution in [-0.4, -0.2) is 10.5 Å². The Hall–Kier alpha value is -2.82. The average Bonchev–Trinajstić information content (AvgIpc) is 2.84. The lowest BCUT2D eigenvalue weighted by Crippen LogP contribution is -2.32. The Morgan fingerprint density at radius 1 is 1.14 bits per heavy atom. The summed E-state index contributed by atoms with van der Waals surface area (Å²) in [5.41, 5.74) is 2.12. The second-order valence-electron chi connectivity index (χ2n) is 5.12. The van der Waals surface area contributed by atoms with Crippen molar-refractivity contribution in [2.75, 3.05) is 0 Å². The summed E-state index contributed by atoms with van der Waals surface area (Å²) in [6, 6.07) is 16.6. The highest BCUT2D eigenvalue weighted by Crippen LogP contribution is 2.13. The van der Waals surface area contributed by atoms with E-state index in [1.807, 2.05) is 37.3 Å². The van der Waals surface area contributed by atoms with E-state index in [1.54, 1.807) is 24.3 Å². The lowest BCUT2D eigenvalue weighted by Gasteiger charge is -2.14. The van der Waals surface area contributed by atoms with Crippen LogP contribution in [0.25, 0.3) is 11.1 Å². The van der Waals surface area contributed by atoms with Crippen molar-refractivity contribution in [2.24, 2.45) is 0 Å². The molecule has 0 aliphatic heterocycles. The van der Waals surface area contributed by atoms with Gasteiger partial charge >= 0.3 is 5.76 Å². The Morgan fingerprint density at radius 3 is 2.59 bits per heavy atom. The number of para-hydroxylation sites is 2. The Morgan fingerprint density at radius 2 is 1.82 bits per heavy atom. The van der Waals surface area contributed by atoms with E-state index in [1.165, 1.54) is 4.57 Å². The first-order chi connectivity index (χ1) is 10.6.